The lowest BCUT2D eigenvalue weighted by atomic mass is 9.93. The molecule has 7 heteroatoms. The lowest BCUT2D eigenvalue weighted by molar-refractivity contribution is -0.144. The lowest BCUT2D eigenvalue weighted by Crippen LogP contribution is -2.55. The van der Waals surface area contributed by atoms with Crippen LogP contribution in [0.15, 0.2) is 24.3 Å². The second-order valence-electron chi connectivity index (χ2n) is 12.5. The average molecular weight is 514 g/mol. The minimum atomic E-state index is -0.781. The molecular formula is C30H47N3O4. The van der Waals surface area contributed by atoms with E-state index >= 15 is 0 Å². The lowest BCUT2D eigenvalue weighted by Gasteiger charge is -2.37. The van der Waals surface area contributed by atoms with Crippen molar-refractivity contribution in [3.63, 3.8) is 0 Å². The molecule has 0 aromatic heterocycles. The van der Waals surface area contributed by atoms with Crippen LogP contribution >= 0.6 is 0 Å². The third-order valence-corrected chi connectivity index (χ3v) is 7.34. The molecule has 2 fully saturated rings. The molecule has 4 atom stereocenters. The monoisotopic (exact) mass is 513 g/mol. The fraction of sp³-hybridized carbons (Fsp3) is 0.700. The molecule has 0 saturated heterocycles. The highest BCUT2D eigenvalue weighted by molar-refractivity contribution is 5.93. The second kappa shape index (κ2) is 12.3. The molecule has 1 aromatic carbocycles. The number of amides is 3. The largest absolute Gasteiger partial charge is 0.444 e. The molecule has 0 radical (unpaired) electrons. The zero-order chi connectivity index (χ0) is 27.3. The predicted molar refractivity (Wildman–Crippen MR) is 146 cm³/mol. The summed E-state index contributed by atoms with van der Waals surface area (Å²) in [5, 5.41) is 6.12. The smallest absolute Gasteiger partial charge is 0.408 e. The van der Waals surface area contributed by atoms with E-state index in [0.29, 0.717) is 12.3 Å². The SMILES string of the molecule is Cc1ccccc1C(C(=O)NC1CCCCC1)N(C(=O)C(CC(C)C)NC(=O)OC(C)(C)C)C1CC1C. The van der Waals surface area contributed by atoms with E-state index in [1.165, 1.54) is 6.42 Å². The summed E-state index contributed by atoms with van der Waals surface area (Å²) in [7, 11) is 0. The van der Waals surface area contributed by atoms with Crippen LogP contribution in [0.2, 0.25) is 0 Å². The number of rotatable bonds is 9. The maximum absolute atomic E-state index is 14.3. The van der Waals surface area contributed by atoms with Gasteiger partial charge in [-0.25, -0.2) is 4.79 Å². The first kappa shape index (κ1) is 29.0. The quantitative estimate of drug-likeness (QED) is 0.446. The van der Waals surface area contributed by atoms with Gasteiger partial charge in [0, 0.05) is 12.1 Å². The first-order chi connectivity index (χ1) is 17.4. The van der Waals surface area contributed by atoms with Gasteiger partial charge in [0.15, 0.2) is 0 Å². The van der Waals surface area contributed by atoms with Gasteiger partial charge >= 0.3 is 6.09 Å². The van der Waals surface area contributed by atoms with Crippen molar-refractivity contribution in [3.05, 3.63) is 35.4 Å². The molecule has 0 aliphatic heterocycles. The van der Waals surface area contributed by atoms with E-state index < -0.39 is 23.8 Å². The van der Waals surface area contributed by atoms with Crippen molar-refractivity contribution >= 4 is 17.9 Å². The fourth-order valence-electron chi connectivity index (χ4n) is 5.33. The number of ether oxygens (including phenoxy) is 1. The number of aryl methyl sites for hydroxylation is 1. The molecule has 2 saturated carbocycles. The summed E-state index contributed by atoms with van der Waals surface area (Å²) in [6.45, 7) is 13.5. The number of benzene rings is 1. The van der Waals surface area contributed by atoms with Crippen LogP contribution in [0.4, 0.5) is 4.79 Å². The van der Waals surface area contributed by atoms with Crippen molar-refractivity contribution < 1.29 is 19.1 Å². The Bertz CT molecular complexity index is 948. The zero-order valence-electron chi connectivity index (χ0n) is 23.8. The Labute approximate surface area is 223 Å². The fourth-order valence-corrected chi connectivity index (χ4v) is 5.33. The normalized spacial score (nSPS) is 21.6. The zero-order valence-corrected chi connectivity index (χ0v) is 23.8. The number of nitrogens with zero attached hydrogens (tertiary/aromatic N) is 1. The first-order valence-electron chi connectivity index (χ1n) is 14.0. The van der Waals surface area contributed by atoms with E-state index in [1.54, 1.807) is 25.7 Å². The van der Waals surface area contributed by atoms with Crippen LogP contribution in [0.3, 0.4) is 0 Å². The van der Waals surface area contributed by atoms with Gasteiger partial charge in [0.05, 0.1) is 0 Å². The van der Waals surface area contributed by atoms with Gasteiger partial charge < -0.3 is 20.3 Å². The van der Waals surface area contributed by atoms with E-state index in [0.717, 1.165) is 43.2 Å². The van der Waals surface area contributed by atoms with Gasteiger partial charge in [0.1, 0.15) is 17.7 Å². The molecule has 0 spiro atoms. The van der Waals surface area contributed by atoms with E-state index in [-0.39, 0.29) is 29.8 Å². The minimum Gasteiger partial charge on any atom is -0.444 e. The van der Waals surface area contributed by atoms with E-state index in [4.69, 9.17) is 4.74 Å². The third-order valence-electron chi connectivity index (χ3n) is 7.34. The van der Waals surface area contributed by atoms with Crippen LogP contribution in [-0.4, -0.2) is 46.5 Å². The van der Waals surface area contributed by atoms with Gasteiger partial charge in [-0.05, 0) is 76.3 Å². The Hall–Kier alpha value is -2.57. The molecule has 4 unspecified atom stereocenters. The molecule has 37 heavy (non-hydrogen) atoms. The number of carbonyl (C=O) groups excluding carboxylic acids is 3. The van der Waals surface area contributed by atoms with Crippen LogP contribution in [0.1, 0.15) is 104 Å². The number of hydrogen-bond donors (Lipinski definition) is 2. The molecule has 3 rings (SSSR count). The van der Waals surface area contributed by atoms with Crippen molar-refractivity contribution in [2.45, 2.75) is 123 Å². The van der Waals surface area contributed by atoms with Crippen LogP contribution in [0.5, 0.6) is 0 Å². The highest BCUT2D eigenvalue weighted by Gasteiger charge is 2.48. The molecule has 206 valence electrons. The molecule has 2 N–H and O–H groups in total. The molecule has 0 heterocycles. The van der Waals surface area contributed by atoms with Gasteiger partial charge in [-0.2, -0.15) is 0 Å². The van der Waals surface area contributed by atoms with Crippen LogP contribution in [0, 0.1) is 18.8 Å². The van der Waals surface area contributed by atoms with Crippen molar-refractivity contribution in [3.8, 4) is 0 Å². The van der Waals surface area contributed by atoms with Gasteiger partial charge in [-0.15, -0.1) is 0 Å². The van der Waals surface area contributed by atoms with E-state index in [9.17, 15) is 14.4 Å². The van der Waals surface area contributed by atoms with Gasteiger partial charge in [0.25, 0.3) is 0 Å². The maximum Gasteiger partial charge on any atom is 0.408 e. The summed E-state index contributed by atoms with van der Waals surface area (Å²) in [6, 6.07) is 6.36. The summed E-state index contributed by atoms with van der Waals surface area (Å²) in [6.07, 6.45) is 6.04. The third kappa shape index (κ3) is 8.21. The summed E-state index contributed by atoms with van der Waals surface area (Å²) in [4.78, 5) is 42.8. The second-order valence-corrected chi connectivity index (χ2v) is 12.5. The summed E-state index contributed by atoms with van der Waals surface area (Å²) < 4.78 is 5.49. The van der Waals surface area contributed by atoms with Crippen molar-refractivity contribution in [2.24, 2.45) is 11.8 Å². The summed E-state index contributed by atoms with van der Waals surface area (Å²) in [5.74, 6) is 0.102. The van der Waals surface area contributed by atoms with Gasteiger partial charge in [0.2, 0.25) is 11.8 Å². The van der Waals surface area contributed by atoms with Crippen LogP contribution < -0.4 is 10.6 Å². The Morgan fingerprint density at radius 3 is 2.24 bits per heavy atom. The molecule has 2 aliphatic carbocycles. The van der Waals surface area contributed by atoms with Crippen LogP contribution in [-0.2, 0) is 14.3 Å². The standard InChI is InChI=1S/C30H47N3O4/c1-19(2)17-24(32-29(36)37-30(5,6)7)28(35)33(25-18-21(25)4)26(23-16-12-11-13-20(23)3)27(34)31-22-14-9-8-10-15-22/h11-13,16,19,21-22,24-26H,8-10,14-15,17-18H2,1-7H3,(H,31,34)(H,32,36). The highest BCUT2D eigenvalue weighted by Crippen LogP contribution is 2.41. The first-order valence-corrected chi connectivity index (χ1v) is 14.0. The maximum atomic E-state index is 14.3. The van der Waals surface area contributed by atoms with Crippen LogP contribution in [0.25, 0.3) is 0 Å². The Morgan fingerprint density at radius 1 is 1.08 bits per heavy atom. The number of nitrogens with one attached hydrogen (secondary N) is 2. The van der Waals surface area contributed by atoms with E-state index in [2.05, 4.69) is 17.6 Å². The molecule has 2 aliphatic rings. The average Bonchev–Trinajstić information content (AvgIpc) is 3.52. The highest BCUT2D eigenvalue weighted by atomic mass is 16.6. The topological polar surface area (TPSA) is 87.7 Å². The molecule has 3 amide bonds. The molecular weight excluding hydrogens is 466 g/mol. The van der Waals surface area contributed by atoms with Crippen molar-refractivity contribution in [1.82, 2.24) is 15.5 Å². The number of alkyl carbamates (subject to hydrolysis) is 1. The van der Waals surface area contributed by atoms with Crippen molar-refractivity contribution in [2.75, 3.05) is 0 Å². The van der Waals surface area contributed by atoms with E-state index in [1.807, 2.05) is 45.0 Å². The van der Waals surface area contributed by atoms with Gasteiger partial charge in [-0.1, -0.05) is 64.3 Å². The molecule has 0 bridgehead atoms. The Morgan fingerprint density at radius 2 is 1.70 bits per heavy atom. The summed E-state index contributed by atoms with van der Waals surface area (Å²) >= 11 is 0. The minimum absolute atomic E-state index is 0.0516. The number of carbonyl (C=O) groups is 3. The Balaban J connectivity index is 1.97. The molecule has 1 aromatic rings. The Kier molecular flexibility index (Phi) is 9.65. The predicted octanol–water partition coefficient (Wildman–Crippen LogP) is 5.66. The number of hydrogen-bond acceptors (Lipinski definition) is 4. The molecule has 7 nitrogen and oxygen atoms in total. The van der Waals surface area contributed by atoms with Crippen molar-refractivity contribution in [1.29, 1.82) is 0 Å². The summed E-state index contributed by atoms with van der Waals surface area (Å²) in [5.41, 5.74) is 1.13. The van der Waals surface area contributed by atoms with Gasteiger partial charge in [-0.3, -0.25) is 9.59 Å².